The van der Waals surface area contributed by atoms with Crippen molar-refractivity contribution in [3.05, 3.63) is 52.6 Å². The maximum absolute atomic E-state index is 3.00. The Morgan fingerprint density at radius 3 is 0.923 bits per heavy atom. The van der Waals surface area contributed by atoms with Crippen molar-refractivity contribution in [3.63, 3.8) is 0 Å². The molecule has 0 unspecified atom stereocenters. The number of quaternary nitrogens is 2. The summed E-state index contributed by atoms with van der Waals surface area (Å²) >= 11 is 0. The Morgan fingerprint density at radius 2 is 0.769 bits per heavy atom. The third-order valence-corrected chi connectivity index (χ3v) is 3.89. The molecule has 3 nitrogen and oxygen atoms in total. The first-order valence-electron chi connectivity index (χ1n) is 8.55. The first-order valence-corrected chi connectivity index (χ1v) is 8.55. The maximum Gasteiger partial charge on any atom is 0.0911 e. The number of nitrogens with zero attached hydrogens (tertiary/aromatic N) is 3. The maximum atomic E-state index is 3.00. The summed E-state index contributed by atoms with van der Waals surface area (Å²) in [4.78, 5) is 2.46. The molecular formula is C21H49Br2N3. The highest BCUT2D eigenvalue weighted by atomic mass is 79.9. The van der Waals surface area contributed by atoms with Gasteiger partial charge in [0, 0.05) is 13.1 Å². The molecule has 0 saturated carbocycles. The van der Waals surface area contributed by atoms with Crippen LogP contribution in [0.15, 0.2) is 52.6 Å². The minimum atomic E-state index is 0. The molecule has 0 atom stereocenters. The Hall–Kier alpha value is -0.200. The Labute approximate surface area is 188 Å². The molecule has 0 bridgehead atoms. The van der Waals surface area contributed by atoms with Gasteiger partial charge in [-0.2, -0.15) is 0 Å². The molecule has 0 aromatic rings. The van der Waals surface area contributed by atoms with Gasteiger partial charge in [-0.05, 0) is 20.9 Å². The van der Waals surface area contributed by atoms with Crippen molar-refractivity contribution in [2.24, 2.45) is 0 Å². The molecule has 0 amide bonds. The van der Waals surface area contributed by atoms with Gasteiger partial charge >= 0.3 is 0 Å². The predicted molar refractivity (Wildman–Crippen MR) is 118 cm³/mol. The van der Waals surface area contributed by atoms with E-state index in [0.717, 1.165) is 8.97 Å². The van der Waals surface area contributed by atoms with Crippen LogP contribution in [0.5, 0.6) is 0 Å². The van der Waals surface area contributed by atoms with E-state index in [1.807, 2.05) is 0 Å². The van der Waals surface area contributed by atoms with E-state index >= 15 is 0 Å². The second kappa shape index (κ2) is 32.5. The molecule has 5 heteroatoms. The van der Waals surface area contributed by atoms with Crippen molar-refractivity contribution in [1.82, 2.24) is 4.90 Å². The largest absolute Gasteiger partial charge is 1.00 e. The highest BCUT2D eigenvalue weighted by Crippen LogP contribution is 1.99. The smallest absolute Gasteiger partial charge is 0.0911 e. The monoisotopic (exact) mass is 501 g/mol. The first kappa shape index (κ1) is 44.9. The fraction of sp³-hybridized carbons (Fsp3) is 0.619. The zero-order valence-corrected chi connectivity index (χ0v) is 22.2. The molecule has 162 valence electrons. The summed E-state index contributed by atoms with van der Waals surface area (Å²) in [6.45, 7) is 35.8. The van der Waals surface area contributed by atoms with Crippen molar-refractivity contribution < 1.29 is 42.9 Å². The fourth-order valence-corrected chi connectivity index (χ4v) is 1.31. The van der Waals surface area contributed by atoms with Gasteiger partial charge in [0.15, 0.2) is 0 Å². The molecule has 0 aliphatic heterocycles. The number of rotatable bonds is 8. The first-order chi connectivity index (χ1) is 11.2. The van der Waals surface area contributed by atoms with Crippen LogP contribution in [0.2, 0.25) is 0 Å². The van der Waals surface area contributed by atoms with Gasteiger partial charge in [-0.15, -0.1) is 52.6 Å². The summed E-state index contributed by atoms with van der Waals surface area (Å²) in [5.41, 5.74) is 0. The minimum Gasteiger partial charge on any atom is -1.00 e. The van der Waals surface area contributed by atoms with E-state index in [9.17, 15) is 0 Å². The molecule has 0 aliphatic rings. The quantitative estimate of drug-likeness (QED) is 0.283. The highest BCUT2D eigenvalue weighted by Gasteiger charge is 2.15. The van der Waals surface area contributed by atoms with Gasteiger partial charge in [0.05, 0.1) is 54.4 Å². The lowest BCUT2D eigenvalue weighted by atomic mass is 10.4. The van der Waals surface area contributed by atoms with E-state index in [-0.39, 0.29) is 34.0 Å². The lowest BCUT2D eigenvalue weighted by Gasteiger charge is -2.32. The molecule has 0 rings (SSSR count). The Bertz CT molecular complexity index is 219. The number of likely N-dealkylation sites (N-methyl/N-ethyl adjacent to an activating group) is 3. The van der Waals surface area contributed by atoms with Crippen molar-refractivity contribution in [1.29, 1.82) is 0 Å². The topological polar surface area (TPSA) is 3.24 Å². The summed E-state index contributed by atoms with van der Waals surface area (Å²) in [5.74, 6) is 0. The van der Waals surface area contributed by atoms with E-state index in [0.29, 0.717) is 0 Å². The van der Waals surface area contributed by atoms with Crippen LogP contribution in [-0.4, -0.2) is 88.4 Å². The summed E-state index contributed by atoms with van der Waals surface area (Å²) < 4.78 is 2.24. The second-order valence-electron chi connectivity index (χ2n) is 6.25. The van der Waals surface area contributed by atoms with Gasteiger partial charge < -0.3 is 42.9 Å². The Balaban J connectivity index is -0.0000000633. The molecule has 0 aliphatic carbocycles. The fourth-order valence-electron chi connectivity index (χ4n) is 1.31. The number of halogens is 2. The van der Waals surface area contributed by atoms with Gasteiger partial charge in [0.25, 0.3) is 0 Å². The van der Waals surface area contributed by atoms with Gasteiger partial charge in [-0.1, -0.05) is 0 Å². The average molecular weight is 503 g/mol. The van der Waals surface area contributed by atoms with E-state index in [1.165, 1.54) is 39.3 Å². The molecule has 0 heterocycles. The zero-order chi connectivity index (χ0) is 20.8. The van der Waals surface area contributed by atoms with Crippen LogP contribution < -0.4 is 34.0 Å². The van der Waals surface area contributed by atoms with Crippen LogP contribution in [-0.2, 0) is 0 Å². The second-order valence-corrected chi connectivity index (χ2v) is 6.25. The summed E-state index contributed by atoms with van der Waals surface area (Å²) in [5, 5.41) is 0. The van der Waals surface area contributed by atoms with Crippen LogP contribution >= 0.6 is 0 Å². The molecule has 0 N–H and O–H groups in total. The van der Waals surface area contributed by atoms with E-state index in [2.05, 4.69) is 107 Å². The summed E-state index contributed by atoms with van der Waals surface area (Å²) in [7, 11) is 11.5. The highest BCUT2D eigenvalue weighted by molar-refractivity contribution is 4.50. The number of hydrogen-bond acceptors (Lipinski definition) is 1. The van der Waals surface area contributed by atoms with E-state index < -0.39 is 0 Å². The lowest BCUT2D eigenvalue weighted by molar-refractivity contribution is -0.890. The molecule has 0 spiro atoms. The van der Waals surface area contributed by atoms with Crippen LogP contribution in [0.4, 0.5) is 0 Å². The van der Waals surface area contributed by atoms with Crippen LogP contribution in [0.3, 0.4) is 0 Å². The molecule has 0 aromatic carbocycles. The molecule has 0 fully saturated rings. The van der Waals surface area contributed by atoms with Crippen molar-refractivity contribution in [3.8, 4) is 0 Å². The van der Waals surface area contributed by atoms with Gasteiger partial charge in [-0.25, -0.2) is 0 Å². The van der Waals surface area contributed by atoms with Crippen LogP contribution in [0, 0.1) is 0 Å². The summed E-state index contributed by atoms with van der Waals surface area (Å²) in [6, 6.07) is 0. The molecule has 26 heavy (non-hydrogen) atoms. The lowest BCUT2D eigenvalue weighted by Crippen LogP contribution is -3.00. The Morgan fingerprint density at radius 1 is 0.577 bits per heavy atom. The van der Waals surface area contributed by atoms with Crippen molar-refractivity contribution in [2.45, 2.75) is 13.8 Å². The molecule has 0 aromatic heterocycles. The molecule has 0 saturated heterocycles. The SMILES string of the molecule is C=C.C=C.C=C.C=C.CC[N+](C)(C)CCN(C)CC[N+](C)(C)CC.[Br-].[Br-]. The number of hydrogen-bond donors (Lipinski definition) is 0. The Kier molecular flexibility index (Phi) is 56.1. The van der Waals surface area contributed by atoms with E-state index in [4.69, 9.17) is 0 Å². The van der Waals surface area contributed by atoms with Gasteiger partial charge in [-0.3, -0.25) is 4.90 Å². The minimum absolute atomic E-state index is 0. The van der Waals surface area contributed by atoms with Crippen LogP contribution in [0.25, 0.3) is 0 Å². The molecular weight excluding hydrogens is 454 g/mol. The van der Waals surface area contributed by atoms with Crippen molar-refractivity contribution >= 4 is 0 Å². The zero-order valence-electron chi connectivity index (χ0n) is 19.0. The van der Waals surface area contributed by atoms with Gasteiger partial charge in [0.2, 0.25) is 0 Å². The van der Waals surface area contributed by atoms with Gasteiger partial charge in [0.1, 0.15) is 0 Å². The predicted octanol–water partition coefficient (Wildman–Crippen LogP) is -1.67. The standard InChI is InChI=1S/C13H33N3.4C2H4.2BrH/c1-8-15(4,5)12-10-14(3)11-13-16(6,7)9-2;4*1-2;;/h8-13H2,1-7H3;4*1-2H2;2*1H/q+2;;;;;;/p-2. The summed E-state index contributed by atoms with van der Waals surface area (Å²) in [6.07, 6.45) is 0. The average Bonchev–Trinajstić information content (AvgIpc) is 2.65. The van der Waals surface area contributed by atoms with Crippen molar-refractivity contribution in [2.75, 3.05) is 74.5 Å². The van der Waals surface area contributed by atoms with Crippen LogP contribution in [0.1, 0.15) is 13.8 Å². The third kappa shape index (κ3) is 39.0. The third-order valence-electron chi connectivity index (χ3n) is 3.89. The van der Waals surface area contributed by atoms with E-state index in [1.54, 1.807) is 0 Å². The molecule has 0 radical (unpaired) electrons. The normalized spacial score (nSPS) is 8.92.